The largest absolute Gasteiger partial charge is 0.475 e. The number of carboxylic acids is 1. The summed E-state index contributed by atoms with van der Waals surface area (Å²) in [7, 11) is 1.96. The molecule has 1 rings (SSSR count). The third-order valence-corrected chi connectivity index (χ3v) is 2.50. The summed E-state index contributed by atoms with van der Waals surface area (Å²) in [5, 5.41) is 17.3. The van der Waals surface area contributed by atoms with E-state index in [1.807, 2.05) is 7.05 Å². The zero-order chi connectivity index (χ0) is 12.7. The number of aliphatic hydroxyl groups is 1. The molecule has 0 spiro atoms. The van der Waals surface area contributed by atoms with Gasteiger partial charge in [0, 0.05) is 6.61 Å². The zero-order valence-electron chi connectivity index (χ0n) is 10.1. The van der Waals surface area contributed by atoms with Crippen molar-refractivity contribution in [2.24, 2.45) is 0 Å². The Balaban J connectivity index is 2.29. The fourth-order valence-corrected chi connectivity index (χ4v) is 1.59. The Morgan fingerprint density at radius 1 is 1.35 bits per heavy atom. The van der Waals surface area contributed by atoms with Gasteiger partial charge in [-0.3, -0.25) is 4.90 Å². The molecule has 2 N–H and O–H groups in total. The molecule has 5 heteroatoms. The van der Waals surface area contributed by atoms with Crippen LogP contribution in [0.4, 0.5) is 0 Å². The van der Waals surface area contributed by atoms with E-state index in [-0.39, 0.29) is 12.4 Å². The van der Waals surface area contributed by atoms with Crippen molar-refractivity contribution in [2.45, 2.75) is 25.8 Å². The standard InChI is InChI=1S/C12H19NO4/c1-13(7-3-2-4-8-14)9-10-5-6-11(17-10)12(15)16/h5-6,14H,2-4,7-9H2,1H3,(H,15,16). The van der Waals surface area contributed by atoms with Crippen molar-refractivity contribution in [1.29, 1.82) is 0 Å². The molecule has 5 nitrogen and oxygen atoms in total. The molecule has 0 unspecified atom stereocenters. The number of hydrogen-bond donors (Lipinski definition) is 2. The number of aliphatic hydroxyl groups excluding tert-OH is 1. The quantitative estimate of drug-likeness (QED) is 0.676. The number of furan rings is 1. The second-order valence-corrected chi connectivity index (χ2v) is 4.09. The lowest BCUT2D eigenvalue weighted by atomic mass is 10.2. The highest BCUT2D eigenvalue weighted by Crippen LogP contribution is 2.10. The van der Waals surface area contributed by atoms with Crippen LogP contribution in [-0.4, -0.2) is 41.3 Å². The minimum Gasteiger partial charge on any atom is -0.475 e. The molecular weight excluding hydrogens is 222 g/mol. The molecule has 96 valence electrons. The summed E-state index contributed by atoms with van der Waals surface area (Å²) < 4.78 is 5.16. The van der Waals surface area contributed by atoms with Crippen molar-refractivity contribution in [3.05, 3.63) is 23.7 Å². The highest BCUT2D eigenvalue weighted by molar-refractivity contribution is 5.84. The Labute approximate surface area is 101 Å². The van der Waals surface area contributed by atoms with Gasteiger partial charge < -0.3 is 14.6 Å². The number of carboxylic acid groups (broad SMARTS) is 1. The van der Waals surface area contributed by atoms with Gasteiger partial charge in [-0.25, -0.2) is 4.79 Å². The minimum atomic E-state index is -1.04. The van der Waals surface area contributed by atoms with E-state index in [9.17, 15) is 4.79 Å². The lowest BCUT2D eigenvalue weighted by Crippen LogP contribution is -2.18. The molecule has 0 radical (unpaired) electrons. The average molecular weight is 241 g/mol. The van der Waals surface area contributed by atoms with E-state index in [2.05, 4.69) is 4.90 Å². The average Bonchev–Trinajstić information content (AvgIpc) is 2.73. The number of aromatic carboxylic acids is 1. The van der Waals surface area contributed by atoms with E-state index in [4.69, 9.17) is 14.6 Å². The summed E-state index contributed by atoms with van der Waals surface area (Å²) in [5.41, 5.74) is 0. The van der Waals surface area contributed by atoms with Crippen LogP contribution in [0.5, 0.6) is 0 Å². The maximum Gasteiger partial charge on any atom is 0.371 e. The number of hydrogen-bond acceptors (Lipinski definition) is 4. The summed E-state index contributed by atoms with van der Waals surface area (Å²) in [4.78, 5) is 12.7. The predicted octanol–water partition coefficient (Wildman–Crippen LogP) is 1.57. The Bertz CT molecular complexity index is 348. The summed E-state index contributed by atoms with van der Waals surface area (Å²) in [6.07, 6.45) is 2.85. The van der Waals surface area contributed by atoms with E-state index >= 15 is 0 Å². The van der Waals surface area contributed by atoms with Crippen LogP contribution >= 0.6 is 0 Å². The van der Waals surface area contributed by atoms with Gasteiger partial charge in [-0.05, 0) is 45.0 Å². The maximum atomic E-state index is 10.6. The first-order chi connectivity index (χ1) is 8.13. The molecule has 0 saturated heterocycles. The molecule has 0 aliphatic rings. The lowest BCUT2D eigenvalue weighted by molar-refractivity contribution is 0.0658. The Hall–Kier alpha value is -1.33. The molecule has 0 aromatic carbocycles. The van der Waals surface area contributed by atoms with Crippen molar-refractivity contribution in [1.82, 2.24) is 4.90 Å². The highest BCUT2D eigenvalue weighted by atomic mass is 16.4. The van der Waals surface area contributed by atoms with Gasteiger partial charge in [0.05, 0.1) is 6.54 Å². The van der Waals surface area contributed by atoms with Crippen LogP contribution in [-0.2, 0) is 6.54 Å². The summed E-state index contributed by atoms with van der Waals surface area (Å²) in [6, 6.07) is 3.16. The SMILES string of the molecule is CN(CCCCCO)Cc1ccc(C(=O)O)o1. The topological polar surface area (TPSA) is 73.9 Å². The van der Waals surface area contributed by atoms with E-state index in [0.717, 1.165) is 25.8 Å². The van der Waals surface area contributed by atoms with Crippen LogP contribution in [0.25, 0.3) is 0 Å². The van der Waals surface area contributed by atoms with E-state index in [0.29, 0.717) is 12.3 Å². The number of rotatable bonds is 8. The van der Waals surface area contributed by atoms with Gasteiger partial charge >= 0.3 is 5.97 Å². The third kappa shape index (κ3) is 5.01. The molecular formula is C12H19NO4. The smallest absolute Gasteiger partial charge is 0.371 e. The third-order valence-electron chi connectivity index (χ3n) is 2.50. The molecule has 0 amide bonds. The second kappa shape index (κ2) is 7.09. The fourth-order valence-electron chi connectivity index (χ4n) is 1.59. The summed E-state index contributed by atoms with van der Waals surface area (Å²) >= 11 is 0. The first kappa shape index (κ1) is 13.7. The molecule has 0 fully saturated rings. The molecule has 1 aromatic heterocycles. The van der Waals surface area contributed by atoms with Crippen molar-refractivity contribution in [2.75, 3.05) is 20.2 Å². The first-order valence-electron chi connectivity index (χ1n) is 5.75. The van der Waals surface area contributed by atoms with E-state index < -0.39 is 5.97 Å². The molecule has 1 heterocycles. The Morgan fingerprint density at radius 2 is 2.12 bits per heavy atom. The second-order valence-electron chi connectivity index (χ2n) is 4.09. The van der Waals surface area contributed by atoms with Gasteiger partial charge in [-0.15, -0.1) is 0 Å². The summed E-state index contributed by atoms with van der Waals surface area (Å²) in [6.45, 7) is 1.75. The zero-order valence-corrected chi connectivity index (χ0v) is 10.1. The lowest BCUT2D eigenvalue weighted by Gasteiger charge is -2.14. The number of nitrogens with zero attached hydrogens (tertiary/aromatic N) is 1. The van der Waals surface area contributed by atoms with Crippen LogP contribution in [0.1, 0.15) is 35.6 Å². The monoisotopic (exact) mass is 241 g/mol. The molecule has 1 aromatic rings. The van der Waals surface area contributed by atoms with Gasteiger partial charge in [-0.2, -0.15) is 0 Å². The van der Waals surface area contributed by atoms with Gasteiger partial charge in [-0.1, -0.05) is 0 Å². The first-order valence-corrected chi connectivity index (χ1v) is 5.75. The van der Waals surface area contributed by atoms with E-state index in [1.54, 1.807) is 6.07 Å². The predicted molar refractivity (Wildman–Crippen MR) is 62.9 cm³/mol. The molecule has 0 atom stereocenters. The Morgan fingerprint density at radius 3 is 2.71 bits per heavy atom. The Kier molecular flexibility index (Phi) is 5.72. The van der Waals surface area contributed by atoms with Crippen molar-refractivity contribution < 1.29 is 19.4 Å². The van der Waals surface area contributed by atoms with Gasteiger partial charge in [0.25, 0.3) is 0 Å². The van der Waals surface area contributed by atoms with Gasteiger partial charge in [0.2, 0.25) is 5.76 Å². The number of unbranched alkanes of at least 4 members (excludes halogenated alkanes) is 2. The van der Waals surface area contributed by atoms with Crippen LogP contribution in [0.15, 0.2) is 16.5 Å². The van der Waals surface area contributed by atoms with E-state index in [1.165, 1.54) is 6.07 Å². The van der Waals surface area contributed by atoms with Crippen molar-refractivity contribution >= 4 is 5.97 Å². The van der Waals surface area contributed by atoms with Gasteiger partial charge in [0.15, 0.2) is 0 Å². The van der Waals surface area contributed by atoms with Crippen LogP contribution in [0.2, 0.25) is 0 Å². The number of carbonyl (C=O) groups is 1. The minimum absolute atomic E-state index is 0.0197. The molecule has 0 aliphatic carbocycles. The van der Waals surface area contributed by atoms with Crippen LogP contribution < -0.4 is 0 Å². The normalized spacial score (nSPS) is 11.0. The van der Waals surface area contributed by atoms with Crippen molar-refractivity contribution in [3.8, 4) is 0 Å². The molecule has 17 heavy (non-hydrogen) atoms. The highest BCUT2D eigenvalue weighted by Gasteiger charge is 2.10. The summed E-state index contributed by atoms with van der Waals surface area (Å²) in [5.74, 6) is -0.400. The van der Waals surface area contributed by atoms with Crippen molar-refractivity contribution in [3.63, 3.8) is 0 Å². The van der Waals surface area contributed by atoms with Gasteiger partial charge in [0.1, 0.15) is 5.76 Å². The molecule has 0 bridgehead atoms. The van der Waals surface area contributed by atoms with Crippen LogP contribution in [0.3, 0.4) is 0 Å². The van der Waals surface area contributed by atoms with Crippen LogP contribution in [0, 0.1) is 0 Å². The molecule has 0 saturated carbocycles. The fraction of sp³-hybridized carbons (Fsp3) is 0.583. The maximum absolute atomic E-state index is 10.6. The molecule has 0 aliphatic heterocycles.